The second-order valence-corrected chi connectivity index (χ2v) is 7.34. The molecular formula is C21H26N6. The number of rotatable bonds is 5. The van der Waals surface area contributed by atoms with Gasteiger partial charge in [0.2, 0.25) is 0 Å². The Kier molecular flexibility index (Phi) is 5.16. The molecule has 1 aliphatic heterocycles. The van der Waals surface area contributed by atoms with Crippen LogP contribution in [0, 0.1) is 6.92 Å². The van der Waals surface area contributed by atoms with Gasteiger partial charge in [0, 0.05) is 49.7 Å². The molecule has 0 bridgehead atoms. The fourth-order valence-electron chi connectivity index (χ4n) is 3.74. The molecule has 1 fully saturated rings. The van der Waals surface area contributed by atoms with Crippen LogP contribution in [0.5, 0.6) is 0 Å². The van der Waals surface area contributed by atoms with Crippen LogP contribution in [0.3, 0.4) is 0 Å². The van der Waals surface area contributed by atoms with Gasteiger partial charge in [-0.05, 0) is 50.1 Å². The normalized spacial score (nSPS) is 17.8. The smallest absolute Gasteiger partial charge is 0.134 e. The van der Waals surface area contributed by atoms with Gasteiger partial charge >= 0.3 is 0 Å². The van der Waals surface area contributed by atoms with Crippen molar-refractivity contribution >= 4 is 11.6 Å². The third-order valence-electron chi connectivity index (χ3n) is 5.11. The van der Waals surface area contributed by atoms with Crippen molar-refractivity contribution in [2.75, 3.05) is 18.4 Å². The predicted molar refractivity (Wildman–Crippen MR) is 107 cm³/mol. The monoisotopic (exact) mass is 362 g/mol. The first-order valence-corrected chi connectivity index (χ1v) is 9.53. The van der Waals surface area contributed by atoms with Crippen molar-refractivity contribution in [2.24, 2.45) is 7.05 Å². The van der Waals surface area contributed by atoms with E-state index >= 15 is 0 Å². The zero-order chi connectivity index (χ0) is 18.6. The van der Waals surface area contributed by atoms with E-state index in [1.165, 1.54) is 18.4 Å². The van der Waals surface area contributed by atoms with E-state index in [1.807, 2.05) is 30.1 Å². The number of pyridine rings is 2. The minimum absolute atomic E-state index is 0.460. The lowest BCUT2D eigenvalue weighted by atomic mass is 9.94. The standard InChI is InChI=1S/C21H26N6/c1-16-6-4-10-22-21(16)25-20-9-3-8-19(24-20)18-7-5-11-27(15-18)14-17-12-23-26(2)13-17/h3-4,6,8-10,12-13,18H,5,7,11,14-15H2,1-2H3,(H,22,24,25). The summed E-state index contributed by atoms with van der Waals surface area (Å²) < 4.78 is 1.87. The summed E-state index contributed by atoms with van der Waals surface area (Å²) in [5, 5.41) is 7.64. The molecular weight excluding hydrogens is 336 g/mol. The van der Waals surface area contributed by atoms with E-state index < -0.39 is 0 Å². The molecule has 1 unspecified atom stereocenters. The lowest BCUT2D eigenvalue weighted by Crippen LogP contribution is -2.34. The van der Waals surface area contributed by atoms with Gasteiger partial charge in [-0.15, -0.1) is 0 Å². The summed E-state index contributed by atoms with van der Waals surface area (Å²) in [6, 6.07) is 10.2. The van der Waals surface area contributed by atoms with Gasteiger partial charge in [0.25, 0.3) is 0 Å². The Balaban J connectivity index is 1.45. The third kappa shape index (κ3) is 4.34. The zero-order valence-electron chi connectivity index (χ0n) is 16.0. The van der Waals surface area contributed by atoms with Gasteiger partial charge in [-0.3, -0.25) is 9.58 Å². The van der Waals surface area contributed by atoms with Crippen molar-refractivity contribution < 1.29 is 0 Å². The third-order valence-corrected chi connectivity index (χ3v) is 5.11. The molecule has 0 aromatic carbocycles. The molecule has 4 rings (SSSR count). The molecule has 27 heavy (non-hydrogen) atoms. The number of piperidine rings is 1. The molecule has 0 spiro atoms. The molecule has 0 saturated carbocycles. The summed E-state index contributed by atoms with van der Waals surface area (Å²) in [7, 11) is 1.97. The lowest BCUT2D eigenvalue weighted by Gasteiger charge is -2.32. The highest BCUT2D eigenvalue weighted by molar-refractivity contribution is 5.55. The van der Waals surface area contributed by atoms with Crippen molar-refractivity contribution in [3.8, 4) is 0 Å². The molecule has 1 atom stereocenters. The van der Waals surface area contributed by atoms with Crippen LogP contribution in [0.1, 0.15) is 35.6 Å². The van der Waals surface area contributed by atoms with Crippen LogP contribution in [0.2, 0.25) is 0 Å². The molecule has 1 saturated heterocycles. The Hall–Kier alpha value is -2.73. The Bertz CT molecular complexity index is 903. The molecule has 1 aliphatic rings. The Morgan fingerprint density at radius 2 is 2.15 bits per heavy atom. The van der Waals surface area contributed by atoms with Crippen molar-refractivity contribution in [3.63, 3.8) is 0 Å². The SMILES string of the molecule is Cc1cccnc1Nc1cccc(C2CCCN(Cc3cnn(C)c3)C2)n1. The highest BCUT2D eigenvalue weighted by Gasteiger charge is 2.23. The molecule has 3 aromatic heterocycles. The summed E-state index contributed by atoms with van der Waals surface area (Å²) in [6.07, 6.45) is 8.24. The van der Waals surface area contributed by atoms with E-state index in [1.54, 1.807) is 6.20 Å². The fourth-order valence-corrected chi connectivity index (χ4v) is 3.74. The average Bonchev–Trinajstić information content (AvgIpc) is 3.09. The van der Waals surface area contributed by atoms with Crippen LogP contribution in [0.25, 0.3) is 0 Å². The van der Waals surface area contributed by atoms with E-state index in [2.05, 4.69) is 51.6 Å². The van der Waals surface area contributed by atoms with Gasteiger partial charge in [0.05, 0.1) is 6.20 Å². The maximum atomic E-state index is 4.88. The van der Waals surface area contributed by atoms with E-state index in [4.69, 9.17) is 4.98 Å². The summed E-state index contributed by atoms with van der Waals surface area (Å²) in [5.74, 6) is 2.18. The van der Waals surface area contributed by atoms with Crippen LogP contribution >= 0.6 is 0 Å². The molecule has 4 heterocycles. The van der Waals surface area contributed by atoms with E-state index in [9.17, 15) is 0 Å². The molecule has 0 radical (unpaired) electrons. The number of likely N-dealkylation sites (tertiary alicyclic amines) is 1. The molecule has 6 heteroatoms. The minimum Gasteiger partial charge on any atom is -0.325 e. The Labute approximate surface area is 160 Å². The number of nitrogens with one attached hydrogen (secondary N) is 1. The summed E-state index contributed by atoms with van der Waals surface area (Å²) in [6.45, 7) is 5.18. The fraction of sp³-hybridized carbons (Fsp3) is 0.381. The Morgan fingerprint density at radius 1 is 1.22 bits per heavy atom. The van der Waals surface area contributed by atoms with Gasteiger partial charge < -0.3 is 5.32 Å². The topological polar surface area (TPSA) is 58.9 Å². The van der Waals surface area contributed by atoms with Gasteiger partial charge in [-0.25, -0.2) is 9.97 Å². The first-order chi connectivity index (χ1) is 13.2. The quantitative estimate of drug-likeness (QED) is 0.751. The second-order valence-electron chi connectivity index (χ2n) is 7.34. The maximum Gasteiger partial charge on any atom is 0.134 e. The highest BCUT2D eigenvalue weighted by atomic mass is 15.2. The number of hydrogen-bond donors (Lipinski definition) is 1. The molecule has 6 nitrogen and oxygen atoms in total. The lowest BCUT2D eigenvalue weighted by molar-refractivity contribution is 0.198. The molecule has 3 aromatic rings. The molecule has 0 aliphatic carbocycles. The van der Waals surface area contributed by atoms with Crippen molar-refractivity contribution in [1.29, 1.82) is 0 Å². The second kappa shape index (κ2) is 7.88. The van der Waals surface area contributed by atoms with Crippen molar-refractivity contribution in [2.45, 2.75) is 32.2 Å². The summed E-state index contributed by atoms with van der Waals surface area (Å²) in [4.78, 5) is 11.8. The van der Waals surface area contributed by atoms with Crippen molar-refractivity contribution in [1.82, 2.24) is 24.6 Å². The zero-order valence-corrected chi connectivity index (χ0v) is 16.0. The molecule has 1 N–H and O–H groups in total. The first-order valence-electron chi connectivity index (χ1n) is 9.53. The van der Waals surface area contributed by atoms with Gasteiger partial charge in [0.15, 0.2) is 0 Å². The number of anilines is 2. The van der Waals surface area contributed by atoms with E-state index in [0.717, 1.165) is 42.5 Å². The van der Waals surface area contributed by atoms with Gasteiger partial charge in [0.1, 0.15) is 11.6 Å². The van der Waals surface area contributed by atoms with Crippen LogP contribution in [-0.2, 0) is 13.6 Å². The number of hydrogen-bond acceptors (Lipinski definition) is 5. The molecule has 140 valence electrons. The van der Waals surface area contributed by atoms with Crippen LogP contribution in [0.15, 0.2) is 48.9 Å². The van der Waals surface area contributed by atoms with E-state index in [-0.39, 0.29) is 0 Å². The maximum absolute atomic E-state index is 4.88. The van der Waals surface area contributed by atoms with Gasteiger partial charge in [-0.1, -0.05) is 12.1 Å². The largest absolute Gasteiger partial charge is 0.325 e. The van der Waals surface area contributed by atoms with Crippen LogP contribution in [-0.4, -0.2) is 37.7 Å². The molecule has 0 amide bonds. The predicted octanol–water partition coefficient (Wildman–Crippen LogP) is 3.64. The van der Waals surface area contributed by atoms with Crippen molar-refractivity contribution in [3.05, 3.63) is 65.7 Å². The van der Waals surface area contributed by atoms with Crippen LogP contribution < -0.4 is 5.32 Å². The van der Waals surface area contributed by atoms with Crippen LogP contribution in [0.4, 0.5) is 11.6 Å². The number of aromatic nitrogens is 4. The first kappa shape index (κ1) is 17.7. The minimum atomic E-state index is 0.460. The van der Waals surface area contributed by atoms with E-state index in [0.29, 0.717) is 5.92 Å². The summed E-state index contributed by atoms with van der Waals surface area (Å²) in [5.41, 5.74) is 3.54. The van der Waals surface area contributed by atoms with Gasteiger partial charge in [-0.2, -0.15) is 5.10 Å². The number of aryl methyl sites for hydroxylation is 2. The average molecular weight is 362 g/mol. The Morgan fingerprint density at radius 3 is 2.96 bits per heavy atom. The number of nitrogens with zero attached hydrogens (tertiary/aromatic N) is 5. The summed E-state index contributed by atoms with van der Waals surface area (Å²) >= 11 is 0. The highest BCUT2D eigenvalue weighted by Crippen LogP contribution is 2.28.